The number of nitrogens with one attached hydrogen (secondary N) is 2. The van der Waals surface area contributed by atoms with E-state index in [0.29, 0.717) is 25.3 Å². The molecule has 0 saturated heterocycles. The van der Waals surface area contributed by atoms with E-state index in [2.05, 4.69) is 5.32 Å². The molecule has 2 aromatic carbocycles. The smallest absolute Gasteiger partial charge is 0.416 e. The number of hydroxylamine groups is 1. The third kappa shape index (κ3) is 6.92. The summed E-state index contributed by atoms with van der Waals surface area (Å²) >= 11 is 0. The first-order valence-corrected chi connectivity index (χ1v) is 8.42. The van der Waals surface area contributed by atoms with E-state index in [1.807, 2.05) is 30.3 Å². The highest BCUT2D eigenvalue weighted by molar-refractivity contribution is 5.74. The summed E-state index contributed by atoms with van der Waals surface area (Å²) in [6.07, 6.45) is -4.07. The average molecular weight is 382 g/mol. The van der Waals surface area contributed by atoms with E-state index >= 15 is 0 Å². The van der Waals surface area contributed by atoms with Gasteiger partial charge >= 0.3 is 6.18 Å². The van der Waals surface area contributed by atoms with E-state index in [1.165, 1.54) is 12.1 Å². The molecule has 5 nitrogen and oxygen atoms in total. The summed E-state index contributed by atoms with van der Waals surface area (Å²) in [4.78, 5) is 11.0. The van der Waals surface area contributed by atoms with Gasteiger partial charge in [0.1, 0.15) is 11.9 Å². The normalized spacial score (nSPS) is 12.4. The molecular weight excluding hydrogens is 361 g/mol. The van der Waals surface area contributed by atoms with Gasteiger partial charge in [-0.15, -0.1) is 0 Å². The van der Waals surface area contributed by atoms with Crippen molar-refractivity contribution in [2.24, 2.45) is 0 Å². The Bertz CT molecular complexity index is 706. The molecule has 0 heterocycles. The second-order valence-electron chi connectivity index (χ2n) is 5.86. The third-order valence-electron chi connectivity index (χ3n) is 3.87. The largest absolute Gasteiger partial charge is 0.486 e. The molecule has 0 unspecified atom stereocenters. The molecule has 0 bridgehead atoms. The quantitative estimate of drug-likeness (QED) is 0.351. The highest BCUT2D eigenvalue weighted by atomic mass is 19.4. The SMILES string of the molecule is O=C(CCNCC[C@@H](Oc1ccc(C(F)(F)F)cc1)c1ccccc1)NO. The fourth-order valence-corrected chi connectivity index (χ4v) is 2.46. The topological polar surface area (TPSA) is 70.6 Å². The van der Waals surface area contributed by atoms with Crippen molar-refractivity contribution in [3.8, 4) is 5.75 Å². The van der Waals surface area contributed by atoms with Gasteiger partial charge in [0.25, 0.3) is 0 Å². The van der Waals surface area contributed by atoms with Crippen LogP contribution in [0.1, 0.15) is 30.1 Å². The van der Waals surface area contributed by atoms with Crippen LogP contribution in [0.25, 0.3) is 0 Å². The first-order valence-electron chi connectivity index (χ1n) is 8.42. The minimum Gasteiger partial charge on any atom is -0.486 e. The highest BCUT2D eigenvalue weighted by Gasteiger charge is 2.30. The van der Waals surface area contributed by atoms with Gasteiger partial charge < -0.3 is 10.1 Å². The summed E-state index contributed by atoms with van der Waals surface area (Å²) in [6.45, 7) is 0.910. The van der Waals surface area contributed by atoms with Gasteiger partial charge in [-0.05, 0) is 36.4 Å². The van der Waals surface area contributed by atoms with Gasteiger partial charge in [0.15, 0.2) is 0 Å². The van der Waals surface area contributed by atoms with Crippen LogP contribution in [0.2, 0.25) is 0 Å². The van der Waals surface area contributed by atoms with Crippen LogP contribution in [-0.2, 0) is 11.0 Å². The lowest BCUT2D eigenvalue weighted by Crippen LogP contribution is -2.26. The maximum Gasteiger partial charge on any atom is 0.416 e. The van der Waals surface area contributed by atoms with Crippen LogP contribution in [0.5, 0.6) is 5.75 Å². The van der Waals surface area contributed by atoms with Crippen molar-refractivity contribution >= 4 is 5.91 Å². The summed E-state index contributed by atoms with van der Waals surface area (Å²) in [5, 5.41) is 11.5. The molecule has 0 aromatic heterocycles. The lowest BCUT2D eigenvalue weighted by atomic mass is 10.1. The van der Waals surface area contributed by atoms with E-state index in [1.54, 1.807) is 5.48 Å². The lowest BCUT2D eigenvalue weighted by Gasteiger charge is -2.20. The molecule has 0 fully saturated rings. The second kappa shape index (κ2) is 9.94. The van der Waals surface area contributed by atoms with E-state index in [-0.39, 0.29) is 12.5 Å². The molecule has 2 rings (SSSR count). The molecule has 1 atom stereocenters. The van der Waals surface area contributed by atoms with Crippen LogP contribution in [0, 0.1) is 0 Å². The van der Waals surface area contributed by atoms with Crippen LogP contribution in [0.4, 0.5) is 13.2 Å². The zero-order valence-electron chi connectivity index (χ0n) is 14.5. The van der Waals surface area contributed by atoms with Crippen molar-refractivity contribution in [2.45, 2.75) is 25.1 Å². The fourth-order valence-electron chi connectivity index (χ4n) is 2.46. The van der Waals surface area contributed by atoms with Crippen molar-refractivity contribution in [1.29, 1.82) is 0 Å². The Kier molecular flexibility index (Phi) is 7.63. The maximum atomic E-state index is 12.7. The summed E-state index contributed by atoms with van der Waals surface area (Å²) in [7, 11) is 0. The summed E-state index contributed by atoms with van der Waals surface area (Å²) in [5.41, 5.74) is 1.72. The number of carbonyl (C=O) groups excluding carboxylic acids is 1. The van der Waals surface area contributed by atoms with Gasteiger partial charge in [0.2, 0.25) is 5.91 Å². The van der Waals surface area contributed by atoms with Gasteiger partial charge in [-0.25, -0.2) is 5.48 Å². The number of alkyl halides is 3. The maximum absolute atomic E-state index is 12.7. The van der Waals surface area contributed by atoms with Crippen LogP contribution in [0.15, 0.2) is 54.6 Å². The minimum atomic E-state index is -4.39. The molecular formula is C19H21F3N2O3. The lowest BCUT2D eigenvalue weighted by molar-refractivity contribution is -0.137. The van der Waals surface area contributed by atoms with E-state index < -0.39 is 17.6 Å². The number of halogens is 3. The van der Waals surface area contributed by atoms with Gasteiger partial charge in [-0.3, -0.25) is 10.0 Å². The molecule has 0 aliphatic rings. The molecule has 0 aliphatic heterocycles. The first kappa shape index (κ1) is 20.7. The van der Waals surface area contributed by atoms with E-state index in [9.17, 15) is 18.0 Å². The molecule has 0 aliphatic carbocycles. The monoisotopic (exact) mass is 382 g/mol. The Morgan fingerprint density at radius 1 is 1.04 bits per heavy atom. The molecule has 146 valence electrons. The second-order valence-corrected chi connectivity index (χ2v) is 5.86. The zero-order chi connectivity index (χ0) is 19.7. The predicted octanol–water partition coefficient (Wildman–Crippen LogP) is 3.70. The first-order chi connectivity index (χ1) is 12.9. The van der Waals surface area contributed by atoms with Crippen molar-refractivity contribution in [1.82, 2.24) is 10.8 Å². The zero-order valence-corrected chi connectivity index (χ0v) is 14.5. The molecule has 0 saturated carbocycles. The summed E-state index contributed by atoms with van der Waals surface area (Å²) < 4.78 is 43.9. The van der Waals surface area contributed by atoms with Crippen LogP contribution in [0.3, 0.4) is 0 Å². The summed E-state index contributed by atoms with van der Waals surface area (Å²) in [5.74, 6) is -0.139. The number of hydrogen-bond acceptors (Lipinski definition) is 4. The van der Waals surface area contributed by atoms with Crippen molar-refractivity contribution in [3.05, 3.63) is 65.7 Å². The predicted molar refractivity (Wildman–Crippen MR) is 93.3 cm³/mol. The standard InChI is InChI=1S/C19H21F3N2O3/c20-19(21,22)15-6-8-16(9-7-15)27-17(14-4-2-1-3-5-14)10-12-23-13-11-18(25)24-26/h1-9,17,23,26H,10-13H2,(H,24,25)/t17-/m1/s1. The van der Waals surface area contributed by atoms with Crippen LogP contribution in [-0.4, -0.2) is 24.2 Å². The molecule has 3 N–H and O–H groups in total. The van der Waals surface area contributed by atoms with Crippen molar-refractivity contribution in [3.63, 3.8) is 0 Å². The number of ether oxygens (including phenoxy) is 1. The Balaban J connectivity index is 1.98. The Morgan fingerprint density at radius 3 is 2.30 bits per heavy atom. The summed E-state index contributed by atoms with van der Waals surface area (Å²) in [6, 6.07) is 13.9. The van der Waals surface area contributed by atoms with E-state index in [4.69, 9.17) is 9.94 Å². The van der Waals surface area contributed by atoms with Gasteiger partial charge in [-0.2, -0.15) is 13.2 Å². The Hall–Kier alpha value is -2.58. The van der Waals surface area contributed by atoms with Crippen molar-refractivity contribution in [2.75, 3.05) is 13.1 Å². The highest BCUT2D eigenvalue weighted by Crippen LogP contribution is 2.31. The molecule has 1 amide bonds. The molecule has 27 heavy (non-hydrogen) atoms. The average Bonchev–Trinajstić information content (AvgIpc) is 2.67. The molecule has 2 aromatic rings. The Labute approximate surface area is 155 Å². The van der Waals surface area contributed by atoms with Crippen molar-refractivity contribution < 1.29 is 27.9 Å². The molecule has 8 heteroatoms. The number of amides is 1. The molecule has 0 radical (unpaired) electrons. The fraction of sp³-hybridized carbons (Fsp3) is 0.316. The minimum absolute atomic E-state index is 0.131. The number of hydrogen-bond donors (Lipinski definition) is 3. The number of carbonyl (C=O) groups is 1. The number of benzene rings is 2. The third-order valence-corrected chi connectivity index (χ3v) is 3.87. The number of rotatable bonds is 9. The molecule has 0 spiro atoms. The Morgan fingerprint density at radius 2 is 1.70 bits per heavy atom. The van der Waals surface area contributed by atoms with E-state index in [0.717, 1.165) is 17.7 Å². The van der Waals surface area contributed by atoms with Gasteiger partial charge in [0, 0.05) is 19.4 Å². The van der Waals surface area contributed by atoms with Gasteiger partial charge in [-0.1, -0.05) is 30.3 Å². The van der Waals surface area contributed by atoms with Crippen LogP contribution >= 0.6 is 0 Å². The van der Waals surface area contributed by atoms with Crippen LogP contribution < -0.4 is 15.5 Å². The van der Waals surface area contributed by atoms with Gasteiger partial charge in [0.05, 0.1) is 5.56 Å².